The molecule has 1 N–H and O–H groups in total. The zero-order valence-electron chi connectivity index (χ0n) is 11.6. The van der Waals surface area contributed by atoms with Crippen LogP contribution in [0, 0.1) is 0 Å². The Hall–Kier alpha value is -0.380. The molecule has 0 aromatic carbocycles. The number of methoxy groups -OCH3 is 1. The number of likely N-dealkylation sites (N-methyl/N-ethyl adjacent to an activating group) is 1. The Balaban J connectivity index is 1.98. The van der Waals surface area contributed by atoms with Gasteiger partial charge in [0, 0.05) is 18.0 Å². The van der Waals surface area contributed by atoms with Crippen LogP contribution in [-0.2, 0) is 11.2 Å². The molecule has 0 spiro atoms. The Kier molecular flexibility index (Phi) is 5.22. The molecule has 1 atom stereocenters. The lowest BCUT2D eigenvalue weighted by molar-refractivity contribution is -0.0372. The Morgan fingerprint density at radius 3 is 2.78 bits per heavy atom. The van der Waals surface area contributed by atoms with Crippen LogP contribution >= 0.6 is 11.3 Å². The molecular formula is C15H25NOS. The summed E-state index contributed by atoms with van der Waals surface area (Å²) in [5, 5.41) is 5.82. The fraction of sp³-hybridized carbons (Fsp3) is 0.733. The summed E-state index contributed by atoms with van der Waals surface area (Å²) in [5.74, 6) is 0. The minimum atomic E-state index is 0.0905. The van der Waals surface area contributed by atoms with E-state index in [0.29, 0.717) is 6.04 Å². The molecule has 0 amide bonds. The molecule has 0 aliphatic heterocycles. The molecule has 0 saturated heterocycles. The molecule has 1 unspecified atom stereocenters. The molecule has 1 aliphatic rings. The molecule has 2 nitrogen and oxygen atoms in total. The second-order valence-corrected chi connectivity index (χ2v) is 6.24. The summed E-state index contributed by atoms with van der Waals surface area (Å²) in [6.45, 7) is 3.22. The first-order valence-electron chi connectivity index (χ1n) is 7.11. The van der Waals surface area contributed by atoms with E-state index in [9.17, 15) is 0 Å². The van der Waals surface area contributed by atoms with Crippen molar-refractivity contribution in [1.82, 2.24) is 5.32 Å². The first kappa shape index (κ1) is 14.0. The van der Waals surface area contributed by atoms with E-state index in [1.165, 1.54) is 43.4 Å². The van der Waals surface area contributed by atoms with Gasteiger partial charge in [0.25, 0.3) is 0 Å². The zero-order chi connectivity index (χ0) is 12.8. The van der Waals surface area contributed by atoms with Crippen LogP contribution in [0.25, 0.3) is 0 Å². The zero-order valence-corrected chi connectivity index (χ0v) is 12.4. The van der Waals surface area contributed by atoms with Crippen molar-refractivity contribution >= 4 is 11.3 Å². The van der Waals surface area contributed by atoms with Gasteiger partial charge in [0.2, 0.25) is 0 Å². The topological polar surface area (TPSA) is 21.3 Å². The van der Waals surface area contributed by atoms with Crippen LogP contribution in [0.5, 0.6) is 0 Å². The van der Waals surface area contributed by atoms with Crippen LogP contribution in [0.4, 0.5) is 0 Å². The van der Waals surface area contributed by atoms with Crippen LogP contribution in [0.15, 0.2) is 17.5 Å². The van der Waals surface area contributed by atoms with Crippen molar-refractivity contribution in [3.8, 4) is 0 Å². The molecule has 102 valence electrons. The third-order valence-corrected chi connectivity index (χ3v) is 5.14. The number of hydrogen-bond acceptors (Lipinski definition) is 3. The number of hydrogen-bond donors (Lipinski definition) is 1. The highest BCUT2D eigenvalue weighted by Crippen LogP contribution is 2.37. The summed E-state index contributed by atoms with van der Waals surface area (Å²) in [7, 11) is 1.89. The first-order chi connectivity index (χ1) is 8.80. The molecule has 1 saturated carbocycles. The van der Waals surface area contributed by atoms with Crippen LogP contribution < -0.4 is 5.32 Å². The number of thiophene rings is 1. The third-order valence-electron chi connectivity index (χ3n) is 4.20. The van der Waals surface area contributed by atoms with Gasteiger partial charge >= 0.3 is 0 Å². The van der Waals surface area contributed by atoms with Gasteiger partial charge in [-0.15, -0.1) is 11.3 Å². The van der Waals surface area contributed by atoms with Gasteiger partial charge in [-0.25, -0.2) is 0 Å². The average Bonchev–Trinajstić information content (AvgIpc) is 3.06. The van der Waals surface area contributed by atoms with E-state index in [2.05, 4.69) is 29.8 Å². The largest absolute Gasteiger partial charge is 0.377 e. The second-order valence-electron chi connectivity index (χ2n) is 5.20. The molecule has 0 bridgehead atoms. The summed E-state index contributed by atoms with van der Waals surface area (Å²) in [6, 6.07) is 4.88. The van der Waals surface area contributed by atoms with Crippen LogP contribution in [0.2, 0.25) is 0 Å². The molecule has 1 aliphatic carbocycles. The van der Waals surface area contributed by atoms with E-state index >= 15 is 0 Å². The smallest absolute Gasteiger partial charge is 0.0831 e. The highest BCUT2D eigenvalue weighted by Gasteiger charge is 2.40. The summed E-state index contributed by atoms with van der Waals surface area (Å²) >= 11 is 1.86. The molecule has 3 heteroatoms. The van der Waals surface area contributed by atoms with E-state index in [1.54, 1.807) is 0 Å². The van der Waals surface area contributed by atoms with E-state index in [4.69, 9.17) is 4.74 Å². The minimum absolute atomic E-state index is 0.0905. The van der Waals surface area contributed by atoms with Gasteiger partial charge in [-0.2, -0.15) is 0 Å². The standard InChI is InChI=1S/C15H25NOS/c1-3-16-14(9-8-13-7-6-12-18-13)15(17-2)10-4-5-11-15/h6-7,12,14,16H,3-5,8-11H2,1-2H3. The summed E-state index contributed by atoms with van der Waals surface area (Å²) < 4.78 is 5.92. The van der Waals surface area contributed by atoms with Crippen molar-refractivity contribution in [2.45, 2.75) is 57.1 Å². The number of rotatable bonds is 7. The summed E-state index contributed by atoms with van der Waals surface area (Å²) in [6.07, 6.45) is 7.41. The maximum Gasteiger partial charge on any atom is 0.0831 e. The molecule has 1 fully saturated rings. The third kappa shape index (κ3) is 3.14. The molecule has 1 aromatic rings. The molecule has 1 aromatic heterocycles. The summed E-state index contributed by atoms with van der Waals surface area (Å²) in [5.41, 5.74) is 0.0905. The van der Waals surface area contributed by atoms with E-state index in [1.807, 2.05) is 18.4 Å². The fourth-order valence-electron chi connectivity index (χ4n) is 3.21. The molecule has 2 rings (SSSR count). The monoisotopic (exact) mass is 267 g/mol. The van der Waals surface area contributed by atoms with Crippen LogP contribution in [-0.4, -0.2) is 25.3 Å². The van der Waals surface area contributed by atoms with Gasteiger partial charge < -0.3 is 10.1 Å². The van der Waals surface area contributed by atoms with Gasteiger partial charge in [-0.3, -0.25) is 0 Å². The maximum atomic E-state index is 5.92. The van der Waals surface area contributed by atoms with E-state index < -0.39 is 0 Å². The lowest BCUT2D eigenvalue weighted by Crippen LogP contribution is -2.50. The van der Waals surface area contributed by atoms with Gasteiger partial charge in [-0.05, 0) is 43.7 Å². The van der Waals surface area contributed by atoms with Gasteiger partial charge in [0.1, 0.15) is 0 Å². The van der Waals surface area contributed by atoms with Crippen molar-refractivity contribution in [2.24, 2.45) is 0 Å². The normalized spacial score (nSPS) is 20.1. The molecule has 18 heavy (non-hydrogen) atoms. The fourth-order valence-corrected chi connectivity index (χ4v) is 3.93. The van der Waals surface area contributed by atoms with Crippen LogP contribution in [0.1, 0.15) is 43.9 Å². The SMILES string of the molecule is CCNC(CCc1cccs1)C1(OC)CCCC1. The number of ether oxygens (including phenoxy) is 1. The first-order valence-corrected chi connectivity index (χ1v) is 7.99. The van der Waals surface area contributed by atoms with Gasteiger partial charge in [-0.1, -0.05) is 25.8 Å². The highest BCUT2D eigenvalue weighted by molar-refractivity contribution is 7.09. The Labute approximate surface area is 115 Å². The van der Waals surface area contributed by atoms with E-state index in [0.717, 1.165) is 6.54 Å². The lowest BCUT2D eigenvalue weighted by Gasteiger charge is -2.37. The Bertz CT molecular complexity index is 330. The maximum absolute atomic E-state index is 5.92. The van der Waals surface area contributed by atoms with E-state index in [-0.39, 0.29) is 5.60 Å². The van der Waals surface area contributed by atoms with Crippen molar-refractivity contribution in [3.05, 3.63) is 22.4 Å². The Morgan fingerprint density at radius 2 is 2.22 bits per heavy atom. The Morgan fingerprint density at radius 1 is 1.44 bits per heavy atom. The molecule has 0 radical (unpaired) electrons. The predicted molar refractivity (Wildman–Crippen MR) is 78.3 cm³/mol. The highest BCUT2D eigenvalue weighted by atomic mass is 32.1. The van der Waals surface area contributed by atoms with Gasteiger partial charge in [0.15, 0.2) is 0 Å². The average molecular weight is 267 g/mol. The lowest BCUT2D eigenvalue weighted by atomic mass is 9.88. The van der Waals surface area contributed by atoms with Crippen LogP contribution in [0.3, 0.4) is 0 Å². The second kappa shape index (κ2) is 6.69. The van der Waals surface area contributed by atoms with Crippen molar-refractivity contribution in [1.29, 1.82) is 0 Å². The minimum Gasteiger partial charge on any atom is -0.377 e. The number of aryl methyl sites for hydroxylation is 1. The number of nitrogens with one attached hydrogen (secondary N) is 1. The summed E-state index contributed by atoms with van der Waals surface area (Å²) in [4.78, 5) is 1.49. The van der Waals surface area contributed by atoms with Crippen molar-refractivity contribution in [2.75, 3.05) is 13.7 Å². The van der Waals surface area contributed by atoms with Crippen molar-refractivity contribution in [3.63, 3.8) is 0 Å². The predicted octanol–water partition coefficient (Wildman–Crippen LogP) is 3.62. The molecular weight excluding hydrogens is 242 g/mol. The quantitative estimate of drug-likeness (QED) is 0.814. The van der Waals surface area contributed by atoms with Gasteiger partial charge in [0.05, 0.1) is 5.60 Å². The van der Waals surface area contributed by atoms with Crippen molar-refractivity contribution < 1.29 is 4.74 Å². The molecule has 1 heterocycles.